The predicted molar refractivity (Wildman–Crippen MR) is 105 cm³/mol. The van der Waals surface area contributed by atoms with E-state index in [9.17, 15) is 9.59 Å². The van der Waals surface area contributed by atoms with Gasteiger partial charge in [-0.05, 0) is 37.3 Å². The molecule has 5 nitrogen and oxygen atoms in total. The van der Waals surface area contributed by atoms with E-state index in [1.807, 2.05) is 0 Å². The SMILES string of the molecule is NC(=O)c1c(NC(=O)COc2cc(Cl)c(Cl)cc2Cl)sc2c1CCCC2. The smallest absolute Gasteiger partial charge is 0.262 e. The first kappa shape index (κ1) is 19.3. The van der Waals surface area contributed by atoms with Gasteiger partial charge in [-0.1, -0.05) is 34.8 Å². The first-order chi connectivity index (χ1) is 12.4. The standard InChI is InChI=1S/C17H15Cl3N2O3S/c18-9-5-11(20)12(6-10(9)19)25-7-14(23)22-17-15(16(21)24)8-3-1-2-4-13(8)26-17/h5-6H,1-4,7H2,(H2,21,24)(H,22,23). The molecule has 2 amide bonds. The Kier molecular flexibility index (Phi) is 5.97. The van der Waals surface area contributed by atoms with Gasteiger partial charge in [-0.25, -0.2) is 0 Å². The Bertz CT molecular complexity index is 883. The molecule has 0 unspecified atom stereocenters. The van der Waals surface area contributed by atoms with Crippen LogP contribution in [-0.2, 0) is 17.6 Å². The van der Waals surface area contributed by atoms with Crippen LogP contribution in [0.15, 0.2) is 12.1 Å². The molecule has 1 aliphatic carbocycles. The van der Waals surface area contributed by atoms with Gasteiger partial charge in [-0.15, -0.1) is 11.3 Å². The highest BCUT2D eigenvalue weighted by Gasteiger charge is 2.25. The van der Waals surface area contributed by atoms with Gasteiger partial charge in [0.1, 0.15) is 10.8 Å². The highest BCUT2D eigenvalue weighted by Crippen LogP contribution is 2.38. The van der Waals surface area contributed by atoms with Crippen LogP contribution in [0, 0.1) is 0 Å². The summed E-state index contributed by atoms with van der Waals surface area (Å²) in [5, 5.41) is 4.00. The largest absolute Gasteiger partial charge is 0.482 e. The number of amides is 2. The molecule has 0 atom stereocenters. The number of thiophene rings is 1. The van der Waals surface area contributed by atoms with E-state index in [-0.39, 0.29) is 22.4 Å². The van der Waals surface area contributed by atoms with Crippen LogP contribution in [0.5, 0.6) is 5.75 Å². The second-order valence-electron chi connectivity index (χ2n) is 5.81. The van der Waals surface area contributed by atoms with Crippen molar-refractivity contribution in [2.45, 2.75) is 25.7 Å². The Morgan fingerprint density at radius 2 is 1.81 bits per heavy atom. The molecule has 0 spiro atoms. The van der Waals surface area contributed by atoms with Crippen LogP contribution in [-0.4, -0.2) is 18.4 Å². The van der Waals surface area contributed by atoms with E-state index in [1.54, 1.807) is 0 Å². The molecular weight excluding hydrogens is 419 g/mol. The molecule has 3 rings (SSSR count). The number of carbonyl (C=O) groups is 2. The molecular formula is C17H15Cl3N2O3S. The maximum atomic E-state index is 12.3. The van der Waals surface area contributed by atoms with Gasteiger partial charge < -0.3 is 15.8 Å². The normalized spacial score (nSPS) is 13.2. The molecule has 26 heavy (non-hydrogen) atoms. The number of nitrogens with two attached hydrogens (primary N) is 1. The summed E-state index contributed by atoms with van der Waals surface area (Å²) in [5.74, 6) is -0.710. The number of rotatable bonds is 5. The number of halogens is 3. The lowest BCUT2D eigenvalue weighted by molar-refractivity contribution is -0.118. The topological polar surface area (TPSA) is 81.4 Å². The first-order valence-corrected chi connectivity index (χ1v) is 9.83. The summed E-state index contributed by atoms with van der Waals surface area (Å²) >= 11 is 19.2. The van der Waals surface area contributed by atoms with Crippen LogP contribution in [0.3, 0.4) is 0 Å². The lowest BCUT2D eigenvalue weighted by Gasteiger charge is -2.11. The summed E-state index contributed by atoms with van der Waals surface area (Å²) in [6.07, 6.45) is 3.77. The summed E-state index contributed by atoms with van der Waals surface area (Å²) in [6, 6.07) is 2.88. The van der Waals surface area contributed by atoms with E-state index in [2.05, 4.69) is 5.32 Å². The molecule has 0 fully saturated rings. The van der Waals surface area contributed by atoms with Crippen LogP contribution >= 0.6 is 46.1 Å². The summed E-state index contributed by atoms with van der Waals surface area (Å²) < 4.78 is 5.41. The number of primary amides is 1. The minimum atomic E-state index is -0.534. The number of carbonyl (C=O) groups excluding carboxylic acids is 2. The fourth-order valence-electron chi connectivity index (χ4n) is 2.84. The van der Waals surface area contributed by atoms with Crippen molar-refractivity contribution in [1.29, 1.82) is 0 Å². The monoisotopic (exact) mass is 432 g/mol. The second kappa shape index (κ2) is 8.05. The third-order valence-electron chi connectivity index (χ3n) is 4.00. The Morgan fingerprint density at radius 1 is 1.12 bits per heavy atom. The number of hydrogen-bond acceptors (Lipinski definition) is 4. The van der Waals surface area contributed by atoms with E-state index in [4.69, 9.17) is 45.3 Å². The lowest BCUT2D eigenvalue weighted by Crippen LogP contribution is -2.22. The molecule has 2 aromatic rings. The van der Waals surface area contributed by atoms with Crippen molar-refractivity contribution in [2.75, 3.05) is 11.9 Å². The zero-order valence-corrected chi connectivity index (χ0v) is 16.6. The number of fused-ring (bicyclic) bond motifs is 1. The first-order valence-electron chi connectivity index (χ1n) is 7.88. The van der Waals surface area contributed by atoms with Gasteiger partial charge >= 0.3 is 0 Å². The van der Waals surface area contributed by atoms with E-state index in [0.717, 1.165) is 36.1 Å². The summed E-state index contributed by atoms with van der Waals surface area (Å²) in [4.78, 5) is 25.2. The van der Waals surface area contributed by atoms with Crippen LogP contribution in [0.4, 0.5) is 5.00 Å². The molecule has 9 heteroatoms. The minimum absolute atomic E-state index is 0.247. The number of hydrogen-bond donors (Lipinski definition) is 2. The summed E-state index contributed by atoms with van der Waals surface area (Å²) in [7, 11) is 0. The molecule has 3 N–H and O–H groups in total. The number of nitrogens with one attached hydrogen (secondary N) is 1. The molecule has 0 aliphatic heterocycles. The van der Waals surface area contributed by atoms with Crippen molar-refractivity contribution in [1.82, 2.24) is 0 Å². The highest BCUT2D eigenvalue weighted by molar-refractivity contribution is 7.17. The van der Waals surface area contributed by atoms with Gasteiger partial charge in [-0.2, -0.15) is 0 Å². The number of anilines is 1. The molecule has 0 radical (unpaired) electrons. The Labute approximate surface area is 169 Å². The number of aryl methyl sites for hydroxylation is 1. The maximum absolute atomic E-state index is 12.3. The zero-order valence-electron chi connectivity index (χ0n) is 13.5. The Balaban J connectivity index is 1.72. The molecule has 1 heterocycles. The summed E-state index contributed by atoms with van der Waals surface area (Å²) in [6.45, 7) is -0.293. The van der Waals surface area contributed by atoms with Gasteiger partial charge in [0.2, 0.25) is 0 Å². The van der Waals surface area contributed by atoms with Crippen molar-refractivity contribution >= 4 is 63.0 Å². The molecule has 1 aromatic heterocycles. The number of ether oxygens (including phenoxy) is 1. The van der Waals surface area contributed by atoms with Gasteiger partial charge in [0.15, 0.2) is 6.61 Å². The van der Waals surface area contributed by atoms with Crippen molar-refractivity contribution in [3.8, 4) is 5.75 Å². The molecule has 0 saturated carbocycles. The van der Waals surface area contributed by atoms with Gasteiger partial charge in [0.25, 0.3) is 11.8 Å². The third kappa shape index (κ3) is 4.09. The Morgan fingerprint density at radius 3 is 2.54 bits per heavy atom. The van der Waals surface area contributed by atoms with Crippen LogP contribution < -0.4 is 15.8 Å². The van der Waals surface area contributed by atoms with E-state index >= 15 is 0 Å². The van der Waals surface area contributed by atoms with Gasteiger partial charge in [-0.3, -0.25) is 9.59 Å². The van der Waals surface area contributed by atoms with Crippen LogP contribution in [0.1, 0.15) is 33.6 Å². The van der Waals surface area contributed by atoms with Crippen LogP contribution in [0.2, 0.25) is 15.1 Å². The van der Waals surface area contributed by atoms with Gasteiger partial charge in [0.05, 0.1) is 20.6 Å². The van der Waals surface area contributed by atoms with Gasteiger partial charge in [0, 0.05) is 10.9 Å². The summed E-state index contributed by atoms with van der Waals surface area (Å²) in [5.41, 5.74) is 6.88. The van der Waals surface area contributed by atoms with E-state index in [1.165, 1.54) is 23.5 Å². The average Bonchev–Trinajstić information content (AvgIpc) is 2.94. The molecule has 1 aliphatic rings. The molecule has 1 aromatic carbocycles. The van der Waals surface area contributed by atoms with E-state index in [0.29, 0.717) is 15.6 Å². The van der Waals surface area contributed by atoms with Crippen LogP contribution in [0.25, 0.3) is 0 Å². The third-order valence-corrected chi connectivity index (χ3v) is 6.23. The maximum Gasteiger partial charge on any atom is 0.262 e. The molecule has 0 saturated heterocycles. The quantitative estimate of drug-likeness (QED) is 0.670. The minimum Gasteiger partial charge on any atom is -0.482 e. The fourth-order valence-corrected chi connectivity index (χ4v) is 4.74. The predicted octanol–water partition coefficient (Wildman–Crippen LogP) is 4.70. The lowest BCUT2D eigenvalue weighted by atomic mass is 9.95. The second-order valence-corrected chi connectivity index (χ2v) is 8.14. The highest BCUT2D eigenvalue weighted by atomic mass is 35.5. The Hall–Kier alpha value is -1.47. The number of benzene rings is 1. The van der Waals surface area contributed by atoms with Crippen molar-refractivity contribution in [3.63, 3.8) is 0 Å². The van der Waals surface area contributed by atoms with E-state index < -0.39 is 11.8 Å². The average molecular weight is 434 g/mol. The fraction of sp³-hybridized carbons (Fsp3) is 0.294. The van der Waals surface area contributed by atoms with Crippen molar-refractivity contribution < 1.29 is 14.3 Å². The molecule has 138 valence electrons. The van der Waals surface area contributed by atoms with Crippen molar-refractivity contribution in [3.05, 3.63) is 43.2 Å². The molecule has 0 bridgehead atoms. The van der Waals surface area contributed by atoms with Crippen molar-refractivity contribution in [2.24, 2.45) is 5.73 Å². The zero-order chi connectivity index (χ0) is 18.8.